The van der Waals surface area contributed by atoms with Crippen LogP contribution in [0, 0.1) is 26.6 Å². The monoisotopic (exact) mass is 267 g/mol. The summed E-state index contributed by atoms with van der Waals surface area (Å²) >= 11 is 5.73. The number of halogens is 2. The smallest absolute Gasteiger partial charge is 0.141 e. The molecule has 96 valence electrons. The second-order valence-electron chi connectivity index (χ2n) is 4.49. The fourth-order valence-corrected chi connectivity index (χ4v) is 2.18. The largest absolute Gasteiger partial charge is 0.382 e. The number of aromatic nitrogens is 1. The first-order valence-electron chi connectivity index (χ1n) is 5.70. The van der Waals surface area contributed by atoms with Crippen LogP contribution in [0.2, 0.25) is 5.02 Å². The van der Waals surface area contributed by atoms with Crippen LogP contribution in [0.3, 0.4) is 0 Å². The summed E-state index contributed by atoms with van der Waals surface area (Å²) in [5.74, 6) is -0.483. The summed E-state index contributed by atoms with van der Waals surface area (Å²) in [6.45, 7) is 5.90. The molecule has 0 bridgehead atoms. The summed E-state index contributed by atoms with van der Waals surface area (Å²) < 4.78 is 13.1. The predicted octanol–water partition coefficient (Wildman–Crippen LogP) is 3.81. The number of aromatic amines is 1. The van der Waals surface area contributed by atoms with Crippen LogP contribution < -0.4 is 0 Å². The van der Waals surface area contributed by atoms with Crippen LogP contribution >= 0.6 is 11.6 Å². The number of aryl methyl sites for hydroxylation is 1. The Bertz CT molecular complexity index is 592. The van der Waals surface area contributed by atoms with Crippen LogP contribution in [-0.4, -0.2) is 10.1 Å². The van der Waals surface area contributed by atoms with Gasteiger partial charge in [0.05, 0.1) is 10.7 Å². The Morgan fingerprint density at radius 2 is 1.89 bits per heavy atom. The van der Waals surface area contributed by atoms with Gasteiger partial charge in [-0.1, -0.05) is 17.7 Å². The van der Waals surface area contributed by atoms with Gasteiger partial charge in [-0.05, 0) is 49.6 Å². The Hall–Kier alpha value is -1.32. The molecule has 1 atom stereocenters. The van der Waals surface area contributed by atoms with Crippen LogP contribution in [0.1, 0.15) is 34.2 Å². The maximum absolute atomic E-state index is 13.1. The minimum atomic E-state index is -0.824. The van der Waals surface area contributed by atoms with Gasteiger partial charge in [0.1, 0.15) is 11.9 Å². The van der Waals surface area contributed by atoms with E-state index in [2.05, 4.69) is 4.98 Å². The summed E-state index contributed by atoms with van der Waals surface area (Å²) in [7, 11) is 0. The van der Waals surface area contributed by atoms with Crippen LogP contribution in [0.15, 0.2) is 18.2 Å². The van der Waals surface area contributed by atoms with Crippen molar-refractivity contribution in [3.05, 3.63) is 57.1 Å². The Balaban J connectivity index is 2.44. The van der Waals surface area contributed by atoms with Gasteiger partial charge < -0.3 is 10.1 Å². The van der Waals surface area contributed by atoms with Crippen molar-refractivity contribution in [2.24, 2.45) is 0 Å². The highest BCUT2D eigenvalue weighted by Gasteiger charge is 2.18. The van der Waals surface area contributed by atoms with Crippen molar-refractivity contribution in [3.63, 3.8) is 0 Å². The number of aliphatic hydroxyl groups excluding tert-OH is 1. The molecular weight excluding hydrogens is 253 g/mol. The first-order chi connectivity index (χ1) is 8.41. The van der Waals surface area contributed by atoms with Gasteiger partial charge in [-0.3, -0.25) is 0 Å². The third-order valence-corrected chi connectivity index (χ3v) is 3.67. The lowest BCUT2D eigenvalue weighted by atomic mass is 10.0. The lowest BCUT2D eigenvalue weighted by Gasteiger charge is -2.11. The Kier molecular flexibility index (Phi) is 3.46. The van der Waals surface area contributed by atoms with Crippen molar-refractivity contribution in [2.45, 2.75) is 26.9 Å². The molecule has 0 radical (unpaired) electrons. The lowest BCUT2D eigenvalue weighted by Crippen LogP contribution is -2.02. The van der Waals surface area contributed by atoms with Gasteiger partial charge in [0, 0.05) is 5.69 Å². The van der Waals surface area contributed by atoms with Gasteiger partial charge in [0.15, 0.2) is 0 Å². The van der Waals surface area contributed by atoms with Gasteiger partial charge in [-0.25, -0.2) is 4.39 Å². The molecule has 0 spiro atoms. The van der Waals surface area contributed by atoms with Gasteiger partial charge >= 0.3 is 0 Å². The van der Waals surface area contributed by atoms with Crippen molar-refractivity contribution in [1.82, 2.24) is 4.98 Å². The normalized spacial score (nSPS) is 12.8. The van der Waals surface area contributed by atoms with E-state index in [1.807, 2.05) is 20.8 Å². The van der Waals surface area contributed by atoms with Gasteiger partial charge in [0.2, 0.25) is 0 Å². The van der Waals surface area contributed by atoms with Crippen LogP contribution in [0.4, 0.5) is 4.39 Å². The molecule has 1 aromatic carbocycles. The Morgan fingerprint density at radius 1 is 1.22 bits per heavy atom. The molecule has 0 aliphatic heterocycles. The van der Waals surface area contributed by atoms with E-state index in [1.54, 1.807) is 0 Å². The number of hydrogen-bond donors (Lipinski definition) is 2. The molecule has 1 aromatic heterocycles. The number of aliphatic hydroxyl groups is 1. The number of hydrogen-bond acceptors (Lipinski definition) is 1. The number of nitrogens with one attached hydrogen (secondary N) is 1. The molecule has 0 saturated heterocycles. The highest BCUT2D eigenvalue weighted by molar-refractivity contribution is 6.30. The second kappa shape index (κ2) is 4.75. The standard InChI is InChI=1S/C14H15ClFNO/c1-7-8(2)13(17-9(7)3)14(18)10-4-5-12(16)11(15)6-10/h4-6,14,17-18H,1-3H3. The summed E-state index contributed by atoms with van der Waals surface area (Å²) in [5.41, 5.74) is 4.46. The molecule has 2 aromatic rings. The van der Waals surface area contributed by atoms with E-state index in [4.69, 9.17) is 11.6 Å². The van der Waals surface area contributed by atoms with Crippen molar-refractivity contribution in [2.75, 3.05) is 0 Å². The van der Waals surface area contributed by atoms with E-state index in [9.17, 15) is 9.50 Å². The SMILES string of the molecule is Cc1[nH]c(C(O)c2ccc(F)c(Cl)c2)c(C)c1C. The molecule has 2 rings (SSSR count). The molecular formula is C14H15ClFNO. The lowest BCUT2D eigenvalue weighted by molar-refractivity contribution is 0.215. The molecule has 1 unspecified atom stereocenters. The van der Waals surface area contributed by atoms with Crippen LogP contribution in [0.25, 0.3) is 0 Å². The minimum absolute atomic E-state index is 0.0178. The molecule has 2 nitrogen and oxygen atoms in total. The summed E-state index contributed by atoms with van der Waals surface area (Å²) in [4.78, 5) is 3.16. The Morgan fingerprint density at radius 3 is 2.39 bits per heavy atom. The third kappa shape index (κ3) is 2.16. The zero-order valence-corrected chi connectivity index (χ0v) is 11.3. The third-order valence-electron chi connectivity index (χ3n) is 3.38. The average molecular weight is 268 g/mol. The fourth-order valence-electron chi connectivity index (χ4n) is 2.00. The summed E-state index contributed by atoms with van der Waals surface area (Å²) in [6, 6.07) is 4.25. The fraction of sp³-hybridized carbons (Fsp3) is 0.286. The van der Waals surface area contributed by atoms with E-state index < -0.39 is 11.9 Å². The van der Waals surface area contributed by atoms with E-state index in [1.165, 1.54) is 18.2 Å². The molecule has 4 heteroatoms. The average Bonchev–Trinajstić information content (AvgIpc) is 2.60. The Labute approximate surface area is 110 Å². The first kappa shape index (κ1) is 13.1. The highest BCUT2D eigenvalue weighted by Crippen LogP contribution is 2.29. The van der Waals surface area contributed by atoms with Gasteiger partial charge in [0.25, 0.3) is 0 Å². The van der Waals surface area contributed by atoms with E-state index in [-0.39, 0.29) is 5.02 Å². The molecule has 0 aliphatic carbocycles. The summed E-state index contributed by atoms with van der Waals surface area (Å²) in [6.07, 6.45) is -0.824. The number of H-pyrrole nitrogens is 1. The second-order valence-corrected chi connectivity index (χ2v) is 4.90. The molecule has 0 amide bonds. The van der Waals surface area contributed by atoms with Crippen molar-refractivity contribution in [1.29, 1.82) is 0 Å². The van der Waals surface area contributed by atoms with Crippen molar-refractivity contribution < 1.29 is 9.50 Å². The van der Waals surface area contributed by atoms with Gasteiger partial charge in [-0.15, -0.1) is 0 Å². The maximum Gasteiger partial charge on any atom is 0.141 e. The number of rotatable bonds is 2. The number of benzene rings is 1. The maximum atomic E-state index is 13.1. The molecule has 2 N–H and O–H groups in total. The van der Waals surface area contributed by atoms with Crippen molar-refractivity contribution >= 4 is 11.6 Å². The topological polar surface area (TPSA) is 36.0 Å². The van der Waals surface area contributed by atoms with E-state index in [0.29, 0.717) is 5.56 Å². The van der Waals surface area contributed by atoms with E-state index in [0.717, 1.165) is 22.5 Å². The van der Waals surface area contributed by atoms with Crippen LogP contribution in [0.5, 0.6) is 0 Å². The first-order valence-corrected chi connectivity index (χ1v) is 6.08. The van der Waals surface area contributed by atoms with E-state index >= 15 is 0 Å². The van der Waals surface area contributed by atoms with Gasteiger partial charge in [-0.2, -0.15) is 0 Å². The molecule has 0 fully saturated rings. The van der Waals surface area contributed by atoms with Crippen molar-refractivity contribution in [3.8, 4) is 0 Å². The molecule has 0 saturated carbocycles. The predicted molar refractivity (Wildman–Crippen MR) is 70.5 cm³/mol. The van der Waals surface area contributed by atoms with Crippen LogP contribution in [-0.2, 0) is 0 Å². The molecule has 18 heavy (non-hydrogen) atoms. The summed E-state index contributed by atoms with van der Waals surface area (Å²) in [5, 5.41) is 10.3. The molecule has 1 heterocycles. The zero-order valence-electron chi connectivity index (χ0n) is 10.5. The zero-order chi connectivity index (χ0) is 13.4. The minimum Gasteiger partial charge on any atom is -0.382 e. The highest BCUT2D eigenvalue weighted by atomic mass is 35.5. The molecule has 0 aliphatic rings. The quantitative estimate of drug-likeness (QED) is 0.853.